The van der Waals surface area contributed by atoms with E-state index in [1.54, 1.807) is 0 Å². The lowest BCUT2D eigenvalue weighted by atomic mass is 10.1. The van der Waals surface area contributed by atoms with Gasteiger partial charge >= 0.3 is 0 Å². The van der Waals surface area contributed by atoms with E-state index in [0.29, 0.717) is 6.04 Å². The minimum Gasteiger partial charge on any atom is -0.310 e. The van der Waals surface area contributed by atoms with Crippen LogP contribution in [-0.4, -0.2) is 6.04 Å². The van der Waals surface area contributed by atoms with Crippen LogP contribution in [0, 0.1) is 6.92 Å². The molecule has 0 aliphatic heterocycles. The van der Waals surface area contributed by atoms with Gasteiger partial charge in [0.15, 0.2) is 0 Å². The van der Waals surface area contributed by atoms with E-state index in [2.05, 4.69) is 70.8 Å². The molecule has 1 unspecified atom stereocenters. The lowest BCUT2D eigenvalue weighted by Crippen LogP contribution is -2.27. The van der Waals surface area contributed by atoms with E-state index in [4.69, 9.17) is 0 Å². The van der Waals surface area contributed by atoms with Crippen LogP contribution in [0.15, 0.2) is 40.2 Å². The summed E-state index contributed by atoms with van der Waals surface area (Å²) in [7, 11) is 0. The third-order valence-corrected chi connectivity index (χ3v) is 4.75. The first-order valence-corrected chi connectivity index (χ1v) is 7.83. The number of thiophene rings is 1. The molecule has 96 valence electrons. The van der Waals surface area contributed by atoms with E-state index in [1.807, 2.05) is 11.3 Å². The molecule has 1 nitrogen and oxygen atoms in total. The zero-order valence-corrected chi connectivity index (χ0v) is 13.1. The number of benzene rings is 1. The summed E-state index contributed by atoms with van der Waals surface area (Å²) in [6, 6.07) is 11.3. The van der Waals surface area contributed by atoms with Crippen LogP contribution in [-0.2, 0) is 13.0 Å². The predicted octanol–water partition coefficient (Wildman–Crippen LogP) is 4.54. The SMILES string of the molecule is Cc1cc(CNC(C)Cc2cccs2)ccc1Br. The number of hydrogen-bond acceptors (Lipinski definition) is 2. The van der Waals surface area contributed by atoms with Gasteiger partial charge < -0.3 is 5.32 Å². The topological polar surface area (TPSA) is 12.0 Å². The number of nitrogens with one attached hydrogen (secondary N) is 1. The normalized spacial score (nSPS) is 12.6. The van der Waals surface area contributed by atoms with Gasteiger partial charge in [0.1, 0.15) is 0 Å². The first-order valence-electron chi connectivity index (χ1n) is 6.16. The second kappa shape index (κ2) is 6.50. The highest BCUT2D eigenvalue weighted by Crippen LogP contribution is 2.17. The Bertz CT molecular complexity index is 493. The van der Waals surface area contributed by atoms with Crippen LogP contribution >= 0.6 is 27.3 Å². The van der Waals surface area contributed by atoms with Crippen molar-refractivity contribution >= 4 is 27.3 Å². The van der Waals surface area contributed by atoms with Crippen molar-refractivity contribution in [3.05, 3.63) is 56.2 Å². The largest absolute Gasteiger partial charge is 0.310 e. The maximum Gasteiger partial charge on any atom is 0.0208 e. The van der Waals surface area contributed by atoms with Crippen LogP contribution in [0.3, 0.4) is 0 Å². The smallest absolute Gasteiger partial charge is 0.0208 e. The summed E-state index contributed by atoms with van der Waals surface area (Å²) in [4.78, 5) is 1.45. The Morgan fingerprint density at radius 1 is 1.33 bits per heavy atom. The first-order chi connectivity index (χ1) is 8.65. The zero-order valence-electron chi connectivity index (χ0n) is 10.7. The zero-order chi connectivity index (χ0) is 13.0. The fourth-order valence-electron chi connectivity index (χ4n) is 1.91. The highest BCUT2D eigenvalue weighted by molar-refractivity contribution is 9.10. The van der Waals surface area contributed by atoms with Crippen LogP contribution in [0.1, 0.15) is 22.9 Å². The Balaban J connectivity index is 1.85. The number of halogens is 1. The maximum atomic E-state index is 3.58. The van der Waals surface area contributed by atoms with Gasteiger partial charge in [0.05, 0.1) is 0 Å². The van der Waals surface area contributed by atoms with Crippen LogP contribution in [0.4, 0.5) is 0 Å². The van der Waals surface area contributed by atoms with E-state index in [1.165, 1.54) is 20.5 Å². The van der Waals surface area contributed by atoms with Crippen molar-refractivity contribution in [2.24, 2.45) is 0 Å². The Morgan fingerprint density at radius 2 is 2.17 bits per heavy atom. The first kappa shape index (κ1) is 13.8. The van der Waals surface area contributed by atoms with Gasteiger partial charge in [-0.05, 0) is 48.9 Å². The summed E-state index contributed by atoms with van der Waals surface area (Å²) >= 11 is 5.36. The summed E-state index contributed by atoms with van der Waals surface area (Å²) in [6.45, 7) is 5.30. The van der Waals surface area contributed by atoms with Crippen molar-refractivity contribution in [1.29, 1.82) is 0 Å². The van der Waals surface area contributed by atoms with E-state index in [0.717, 1.165) is 13.0 Å². The van der Waals surface area contributed by atoms with Crippen molar-refractivity contribution in [3.8, 4) is 0 Å². The van der Waals surface area contributed by atoms with Crippen molar-refractivity contribution in [2.75, 3.05) is 0 Å². The molecule has 0 bridgehead atoms. The molecule has 1 aromatic heterocycles. The molecule has 2 aromatic rings. The predicted molar refractivity (Wildman–Crippen MR) is 83.2 cm³/mol. The average Bonchev–Trinajstić information content (AvgIpc) is 2.83. The standard InChI is InChI=1S/C15H18BrNS/c1-11-8-13(5-6-15(11)16)10-17-12(2)9-14-4-3-7-18-14/h3-8,12,17H,9-10H2,1-2H3. The van der Waals surface area contributed by atoms with E-state index >= 15 is 0 Å². The monoisotopic (exact) mass is 323 g/mol. The molecule has 1 heterocycles. The molecule has 0 amide bonds. The average molecular weight is 324 g/mol. The Labute approximate surface area is 121 Å². The van der Waals surface area contributed by atoms with Gasteiger partial charge in [-0.3, -0.25) is 0 Å². The van der Waals surface area contributed by atoms with Crippen molar-refractivity contribution in [2.45, 2.75) is 32.9 Å². The molecule has 2 rings (SSSR count). The lowest BCUT2D eigenvalue weighted by Gasteiger charge is -2.13. The summed E-state index contributed by atoms with van der Waals surface area (Å²) in [5.41, 5.74) is 2.63. The molecule has 0 radical (unpaired) electrons. The molecule has 0 fully saturated rings. The molecule has 1 atom stereocenters. The van der Waals surface area contributed by atoms with Crippen LogP contribution in [0.2, 0.25) is 0 Å². The molecule has 0 aliphatic rings. The van der Waals surface area contributed by atoms with E-state index in [9.17, 15) is 0 Å². The molecule has 0 spiro atoms. The van der Waals surface area contributed by atoms with Crippen molar-refractivity contribution in [3.63, 3.8) is 0 Å². The maximum absolute atomic E-state index is 3.58. The van der Waals surface area contributed by atoms with Gasteiger partial charge in [-0.1, -0.05) is 34.1 Å². The number of rotatable bonds is 5. The molecule has 1 aromatic carbocycles. The fourth-order valence-corrected chi connectivity index (χ4v) is 2.99. The van der Waals surface area contributed by atoms with Gasteiger partial charge in [-0.15, -0.1) is 11.3 Å². The summed E-state index contributed by atoms with van der Waals surface area (Å²) < 4.78 is 1.18. The van der Waals surface area contributed by atoms with Gasteiger partial charge in [0.2, 0.25) is 0 Å². The molecule has 0 saturated heterocycles. The lowest BCUT2D eigenvalue weighted by molar-refractivity contribution is 0.548. The quantitative estimate of drug-likeness (QED) is 0.851. The summed E-state index contributed by atoms with van der Waals surface area (Å²) in [5, 5.41) is 5.71. The van der Waals surface area contributed by atoms with Crippen LogP contribution in [0.5, 0.6) is 0 Å². The molecule has 0 aliphatic carbocycles. The highest BCUT2D eigenvalue weighted by atomic mass is 79.9. The molecule has 3 heteroatoms. The molecule has 1 N–H and O–H groups in total. The second-order valence-electron chi connectivity index (χ2n) is 4.65. The van der Waals surface area contributed by atoms with E-state index < -0.39 is 0 Å². The fraction of sp³-hybridized carbons (Fsp3) is 0.333. The van der Waals surface area contributed by atoms with Gasteiger partial charge in [0.25, 0.3) is 0 Å². The molecule has 0 saturated carbocycles. The molecular formula is C15H18BrNS. The van der Waals surface area contributed by atoms with Crippen molar-refractivity contribution in [1.82, 2.24) is 5.32 Å². The minimum atomic E-state index is 0.507. The number of aryl methyl sites for hydroxylation is 1. The van der Waals surface area contributed by atoms with E-state index in [-0.39, 0.29) is 0 Å². The summed E-state index contributed by atoms with van der Waals surface area (Å²) in [5.74, 6) is 0. The molecular weight excluding hydrogens is 306 g/mol. The van der Waals surface area contributed by atoms with Gasteiger partial charge in [-0.25, -0.2) is 0 Å². The van der Waals surface area contributed by atoms with Crippen molar-refractivity contribution < 1.29 is 0 Å². The second-order valence-corrected chi connectivity index (χ2v) is 6.54. The molecule has 18 heavy (non-hydrogen) atoms. The van der Waals surface area contributed by atoms with Gasteiger partial charge in [0, 0.05) is 21.9 Å². The number of hydrogen-bond donors (Lipinski definition) is 1. The summed E-state index contributed by atoms with van der Waals surface area (Å²) in [6.07, 6.45) is 1.10. The van der Waals surface area contributed by atoms with Gasteiger partial charge in [-0.2, -0.15) is 0 Å². The Morgan fingerprint density at radius 3 is 2.83 bits per heavy atom. The third kappa shape index (κ3) is 3.94. The third-order valence-electron chi connectivity index (χ3n) is 2.96. The Kier molecular flexibility index (Phi) is 4.98. The minimum absolute atomic E-state index is 0.507. The Hall–Kier alpha value is -0.640. The highest BCUT2D eigenvalue weighted by Gasteiger charge is 2.04. The van der Waals surface area contributed by atoms with Crippen LogP contribution < -0.4 is 5.32 Å². The van der Waals surface area contributed by atoms with Crippen LogP contribution in [0.25, 0.3) is 0 Å².